The molecule has 4 rings (SSSR count). The molecule has 0 spiro atoms. The summed E-state index contributed by atoms with van der Waals surface area (Å²) in [6.07, 6.45) is -0.444. The molecule has 0 saturated heterocycles. The number of nitriles is 2. The molecule has 14 heteroatoms. The van der Waals surface area contributed by atoms with Crippen LogP contribution in [0.5, 0.6) is 0 Å². The Morgan fingerprint density at radius 3 is 2.53 bits per heavy atom. The Morgan fingerprint density at radius 1 is 1.18 bits per heavy atom. The van der Waals surface area contributed by atoms with Crippen LogP contribution in [0.1, 0.15) is 51.9 Å². The smallest absolute Gasteiger partial charge is 0.330 e. The van der Waals surface area contributed by atoms with E-state index < -0.39 is 57.3 Å². The van der Waals surface area contributed by atoms with Crippen LogP contribution in [-0.2, 0) is 17.1 Å². The van der Waals surface area contributed by atoms with Crippen molar-refractivity contribution in [2.75, 3.05) is 4.72 Å². The molecule has 6 atom stereocenters. The third-order valence-electron chi connectivity index (χ3n) is 7.97. The molecular formula is C24H30F3N7O3S. The summed E-state index contributed by atoms with van der Waals surface area (Å²) < 4.78 is 71.2. The van der Waals surface area contributed by atoms with Crippen LogP contribution in [0, 0.1) is 40.4 Å². The average molecular weight is 554 g/mol. The van der Waals surface area contributed by atoms with Gasteiger partial charge in [0.2, 0.25) is 10.0 Å². The number of nitrogens with zero attached hydrogens (tertiary/aromatic N) is 5. The maximum absolute atomic E-state index is 13.5. The number of allylic oxidation sites excluding steroid dienone is 1. The number of aromatic nitrogens is 2. The molecule has 5 unspecified atom stereocenters. The van der Waals surface area contributed by atoms with Crippen molar-refractivity contribution in [1.82, 2.24) is 20.0 Å². The van der Waals surface area contributed by atoms with Gasteiger partial charge < -0.3 is 5.32 Å². The van der Waals surface area contributed by atoms with Crippen molar-refractivity contribution in [3.8, 4) is 12.1 Å². The quantitative estimate of drug-likeness (QED) is 0.568. The van der Waals surface area contributed by atoms with Crippen LogP contribution in [0.2, 0.25) is 0 Å². The fourth-order valence-corrected chi connectivity index (χ4v) is 7.94. The SMILES string of the molecule is CC1=C(C#N)[C@@H](C2CCC(C#N)CC2S(=O)(=O)Nc2cnn(C)c2)NC(=O)N1C1CCCC(C(F)(F)F)C1. The Morgan fingerprint density at radius 2 is 1.92 bits per heavy atom. The maximum Gasteiger partial charge on any atom is 0.391 e. The molecule has 0 aromatic carbocycles. The first-order valence-corrected chi connectivity index (χ1v) is 14.1. The molecule has 2 N–H and O–H groups in total. The number of anilines is 1. The lowest BCUT2D eigenvalue weighted by atomic mass is 9.75. The van der Waals surface area contributed by atoms with Crippen LogP contribution < -0.4 is 10.0 Å². The molecule has 0 radical (unpaired) electrons. The molecule has 0 bridgehead atoms. The van der Waals surface area contributed by atoms with E-state index in [9.17, 15) is 36.9 Å². The van der Waals surface area contributed by atoms with E-state index in [4.69, 9.17) is 0 Å². The standard InChI is InChI=1S/C24H30F3N7O3S/c1-14-20(11-29)22(31-23(35)34(14)18-5-3-4-16(9-18)24(25,26)27)19-7-6-15(10-28)8-21(19)38(36,37)32-17-12-30-33(2)13-17/h12-13,15-16,18-19,21-22,32H,3-9H2,1-2H3,(H,31,35)/t15?,16?,18?,19?,21?,22-/m1/s1. The second-order valence-electron chi connectivity index (χ2n) is 10.4. The number of hydrogen-bond donors (Lipinski definition) is 2. The predicted octanol–water partition coefficient (Wildman–Crippen LogP) is 3.78. The minimum Gasteiger partial charge on any atom is -0.330 e. The highest BCUT2D eigenvalue weighted by Crippen LogP contribution is 2.43. The molecular weight excluding hydrogens is 523 g/mol. The minimum absolute atomic E-state index is 0.00242. The molecule has 1 aliphatic heterocycles. The van der Waals surface area contributed by atoms with Crippen molar-refractivity contribution >= 4 is 21.7 Å². The summed E-state index contributed by atoms with van der Waals surface area (Å²) in [6.45, 7) is 1.53. The monoisotopic (exact) mass is 553 g/mol. The zero-order chi connectivity index (χ0) is 27.8. The Balaban J connectivity index is 1.66. The first-order valence-electron chi connectivity index (χ1n) is 12.5. The molecule has 1 aromatic heterocycles. The van der Waals surface area contributed by atoms with Gasteiger partial charge in [0.05, 0.1) is 46.8 Å². The number of nitrogens with one attached hydrogen (secondary N) is 2. The third kappa shape index (κ3) is 5.46. The summed E-state index contributed by atoms with van der Waals surface area (Å²) in [6, 6.07) is 1.90. The number of urea groups is 1. The summed E-state index contributed by atoms with van der Waals surface area (Å²) in [7, 11) is -2.43. The van der Waals surface area contributed by atoms with Gasteiger partial charge in [-0.3, -0.25) is 14.3 Å². The lowest BCUT2D eigenvalue weighted by Crippen LogP contribution is -2.59. The highest BCUT2D eigenvalue weighted by molar-refractivity contribution is 7.93. The van der Waals surface area contributed by atoms with Crippen LogP contribution in [0.15, 0.2) is 23.7 Å². The van der Waals surface area contributed by atoms with E-state index in [1.54, 1.807) is 7.05 Å². The zero-order valence-electron chi connectivity index (χ0n) is 21.1. The van der Waals surface area contributed by atoms with Crippen LogP contribution in [-0.4, -0.2) is 52.6 Å². The molecule has 3 aliphatic rings. The summed E-state index contributed by atoms with van der Waals surface area (Å²) in [5.41, 5.74) is 0.612. The van der Waals surface area contributed by atoms with Crippen molar-refractivity contribution in [3.63, 3.8) is 0 Å². The van der Waals surface area contributed by atoms with Gasteiger partial charge in [0.1, 0.15) is 0 Å². The number of sulfonamides is 1. The highest BCUT2D eigenvalue weighted by Gasteiger charge is 2.49. The zero-order valence-corrected chi connectivity index (χ0v) is 21.9. The molecule has 2 aliphatic carbocycles. The van der Waals surface area contributed by atoms with Gasteiger partial charge in [0.25, 0.3) is 0 Å². The van der Waals surface area contributed by atoms with Crippen LogP contribution in [0.3, 0.4) is 0 Å². The normalized spacial score (nSPS) is 30.8. The topological polar surface area (TPSA) is 144 Å². The number of rotatable bonds is 5. The second-order valence-corrected chi connectivity index (χ2v) is 12.3. The van der Waals surface area contributed by atoms with Crippen molar-refractivity contribution in [3.05, 3.63) is 23.7 Å². The van der Waals surface area contributed by atoms with Crippen LogP contribution in [0.25, 0.3) is 0 Å². The molecule has 1 aromatic rings. The van der Waals surface area contributed by atoms with E-state index in [0.717, 1.165) is 0 Å². The Hall–Kier alpha value is -3.26. The Bertz CT molecular complexity index is 1290. The predicted molar refractivity (Wildman–Crippen MR) is 130 cm³/mol. The fraction of sp³-hybridized carbons (Fsp3) is 0.667. The number of alkyl halides is 3. The molecule has 2 heterocycles. The van der Waals surface area contributed by atoms with Gasteiger partial charge in [-0.25, -0.2) is 13.2 Å². The van der Waals surface area contributed by atoms with Gasteiger partial charge in [-0.2, -0.15) is 28.8 Å². The van der Waals surface area contributed by atoms with E-state index in [1.165, 1.54) is 28.9 Å². The number of hydrogen-bond acceptors (Lipinski definition) is 6. The van der Waals surface area contributed by atoms with Crippen molar-refractivity contribution in [1.29, 1.82) is 10.5 Å². The molecule has 2 amide bonds. The van der Waals surface area contributed by atoms with Crippen LogP contribution in [0.4, 0.5) is 23.7 Å². The largest absolute Gasteiger partial charge is 0.391 e. The summed E-state index contributed by atoms with van der Waals surface area (Å²) in [5, 5.41) is 25.2. The second kappa shape index (κ2) is 10.5. The van der Waals surface area contributed by atoms with Crippen molar-refractivity contribution < 1.29 is 26.4 Å². The average Bonchev–Trinajstić information content (AvgIpc) is 3.26. The van der Waals surface area contributed by atoms with Gasteiger partial charge in [0.15, 0.2) is 0 Å². The highest BCUT2D eigenvalue weighted by atomic mass is 32.2. The third-order valence-corrected chi connectivity index (χ3v) is 9.83. The number of halogens is 3. The Kier molecular flexibility index (Phi) is 7.66. The summed E-state index contributed by atoms with van der Waals surface area (Å²) in [5.74, 6) is -2.77. The van der Waals surface area contributed by atoms with Crippen LogP contribution >= 0.6 is 0 Å². The fourth-order valence-electron chi connectivity index (χ4n) is 6.11. The van der Waals surface area contributed by atoms with E-state index in [-0.39, 0.29) is 42.6 Å². The molecule has 2 fully saturated rings. The van der Waals surface area contributed by atoms with Gasteiger partial charge in [-0.15, -0.1) is 0 Å². The van der Waals surface area contributed by atoms with E-state index >= 15 is 0 Å². The number of carbonyl (C=O) groups excluding carboxylic acids is 1. The van der Waals surface area contributed by atoms with E-state index in [0.29, 0.717) is 19.3 Å². The molecule has 38 heavy (non-hydrogen) atoms. The summed E-state index contributed by atoms with van der Waals surface area (Å²) in [4.78, 5) is 14.5. The van der Waals surface area contributed by atoms with Crippen molar-refractivity contribution in [2.24, 2.45) is 24.8 Å². The lowest BCUT2D eigenvalue weighted by Gasteiger charge is -2.45. The van der Waals surface area contributed by atoms with Gasteiger partial charge >= 0.3 is 12.2 Å². The van der Waals surface area contributed by atoms with Crippen molar-refractivity contribution in [2.45, 2.75) is 75.4 Å². The van der Waals surface area contributed by atoms with E-state index in [1.807, 2.05) is 0 Å². The van der Waals surface area contributed by atoms with Gasteiger partial charge in [0, 0.05) is 36.8 Å². The number of carbonyl (C=O) groups is 1. The maximum atomic E-state index is 13.5. The molecule has 2 saturated carbocycles. The summed E-state index contributed by atoms with van der Waals surface area (Å²) >= 11 is 0. The first kappa shape index (κ1) is 27.8. The van der Waals surface area contributed by atoms with E-state index in [2.05, 4.69) is 27.3 Å². The lowest BCUT2D eigenvalue weighted by molar-refractivity contribution is -0.185. The first-order chi connectivity index (χ1) is 17.9. The van der Waals surface area contributed by atoms with Gasteiger partial charge in [-0.05, 0) is 45.4 Å². The number of aryl methyl sites for hydroxylation is 1. The molecule has 10 nitrogen and oxygen atoms in total. The Labute approximate surface area is 219 Å². The molecule has 206 valence electrons. The minimum atomic E-state index is -4.37. The van der Waals surface area contributed by atoms with Gasteiger partial charge in [-0.1, -0.05) is 6.42 Å². The number of amides is 2.